The van der Waals surface area contributed by atoms with E-state index in [1.165, 1.54) is 10.8 Å². The van der Waals surface area contributed by atoms with Crippen LogP contribution in [0, 0.1) is 0 Å². The van der Waals surface area contributed by atoms with Gasteiger partial charge in [-0.3, -0.25) is 4.79 Å². The quantitative estimate of drug-likeness (QED) is 0.866. The highest BCUT2D eigenvalue weighted by atomic mass is 16.5. The molecule has 0 bridgehead atoms. The maximum atomic E-state index is 12.5. The molecule has 0 aromatic heterocycles. The van der Waals surface area contributed by atoms with Crippen molar-refractivity contribution in [2.75, 3.05) is 20.2 Å². The number of nitrogens with zero attached hydrogens (tertiary/aromatic N) is 1. The van der Waals surface area contributed by atoms with Crippen molar-refractivity contribution in [1.29, 1.82) is 0 Å². The van der Waals surface area contributed by atoms with Crippen LogP contribution in [0.3, 0.4) is 0 Å². The molecule has 1 amide bonds. The van der Waals surface area contributed by atoms with Crippen LogP contribution in [0.5, 0.6) is 0 Å². The lowest BCUT2D eigenvalue weighted by Gasteiger charge is -2.31. The highest BCUT2D eigenvalue weighted by Crippen LogP contribution is 2.20. The van der Waals surface area contributed by atoms with Crippen LogP contribution >= 0.6 is 0 Å². The van der Waals surface area contributed by atoms with Gasteiger partial charge >= 0.3 is 0 Å². The monoisotopic (exact) mass is 283 g/mol. The van der Waals surface area contributed by atoms with E-state index in [1.807, 2.05) is 23.1 Å². The van der Waals surface area contributed by atoms with Gasteiger partial charge in [-0.05, 0) is 29.2 Å². The number of likely N-dealkylation sites (tertiary alicyclic amines) is 1. The van der Waals surface area contributed by atoms with Crippen LogP contribution in [0.15, 0.2) is 42.5 Å². The minimum atomic E-state index is 0.223. The van der Waals surface area contributed by atoms with Crippen molar-refractivity contribution in [3.63, 3.8) is 0 Å². The third-order valence-electron chi connectivity index (χ3n) is 4.35. The number of rotatable bonds is 3. The normalized spacial score (nSPS) is 16.3. The Labute approximate surface area is 125 Å². The molecular weight excluding hydrogens is 262 g/mol. The first-order valence-electron chi connectivity index (χ1n) is 7.55. The molecule has 1 aliphatic heterocycles. The van der Waals surface area contributed by atoms with Gasteiger partial charge in [0.15, 0.2) is 0 Å². The Morgan fingerprint density at radius 1 is 1.14 bits per heavy atom. The third kappa shape index (κ3) is 3.08. The summed E-state index contributed by atoms with van der Waals surface area (Å²) in [7, 11) is 1.75. The zero-order valence-electron chi connectivity index (χ0n) is 12.4. The molecule has 1 fully saturated rings. The number of methoxy groups -OCH3 is 1. The van der Waals surface area contributed by atoms with E-state index >= 15 is 0 Å². The third-order valence-corrected chi connectivity index (χ3v) is 4.35. The fourth-order valence-electron chi connectivity index (χ4n) is 3.06. The van der Waals surface area contributed by atoms with Gasteiger partial charge in [0.1, 0.15) is 0 Å². The molecule has 21 heavy (non-hydrogen) atoms. The van der Waals surface area contributed by atoms with E-state index in [9.17, 15) is 4.79 Å². The summed E-state index contributed by atoms with van der Waals surface area (Å²) in [6.45, 7) is 1.62. The predicted octanol–water partition coefficient (Wildman–Crippen LogP) is 3.02. The van der Waals surface area contributed by atoms with Gasteiger partial charge in [0, 0.05) is 20.2 Å². The van der Waals surface area contributed by atoms with Crippen LogP contribution in [0.25, 0.3) is 10.8 Å². The molecule has 0 unspecified atom stereocenters. The Balaban J connectivity index is 1.72. The molecule has 1 aliphatic rings. The zero-order valence-corrected chi connectivity index (χ0v) is 12.4. The van der Waals surface area contributed by atoms with Gasteiger partial charge in [-0.25, -0.2) is 0 Å². The molecule has 0 atom stereocenters. The van der Waals surface area contributed by atoms with Crippen molar-refractivity contribution in [3.05, 3.63) is 48.0 Å². The van der Waals surface area contributed by atoms with Crippen molar-refractivity contribution in [2.45, 2.75) is 25.4 Å². The second kappa shape index (κ2) is 6.27. The van der Waals surface area contributed by atoms with Crippen molar-refractivity contribution in [2.24, 2.45) is 0 Å². The molecule has 1 saturated heterocycles. The van der Waals surface area contributed by atoms with E-state index in [2.05, 4.69) is 24.3 Å². The van der Waals surface area contributed by atoms with E-state index in [0.717, 1.165) is 31.5 Å². The second-order valence-electron chi connectivity index (χ2n) is 5.63. The fraction of sp³-hybridized carbons (Fsp3) is 0.389. The van der Waals surface area contributed by atoms with Gasteiger partial charge in [-0.15, -0.1) is 0 Å². The maximum Gasteiger partial charge on any atom is 0.227 e. The zero-order chi connectivity index (χ0) is 14.7. The lowest BCUT2D eigenvalue weighted by Crippen LogP contribution is -2.41. The van der Waals surface area contributed by atoms with E-state index < -0.39 is 0 Å². The molecule has 110 valence electrons. The SMILES string of the molecule is COC1CCN(C(=O)Cc2cccc3ccccc23)CC1. The van der Waals surface area contributed by atoms with Crippen LogP contribution in [-0.2, 0) is 16.0 Å². The van der Waals surface area contributed by atoms with Gasteiger partial charge < -0.3 is 9.64 Å². The van der Waals surface area contributed by atoms with Gasteiger partial charge in [0.05, 0.1) is 12.5 Å². The maximum absolute atomic E-state index is 12.5. The van der Waals surface area contributed by atoms with Crippen molar-refractivity contribution >= 4 is 16.7 Å². The molecule has 0 aliphatic carbocycles. The largest absolute Gasteiger partial charge is 0.381 e. The molecule has 3 rings (SSSR count). The van der Waals surface area contributed by atoms with Crippen LogP contribution in [0.1, 0.15) is 18.4 Å². The minimum absolute atomic E-state index is 0.223. The molecule has 3 nitrogen and oxygen atoms in total. The summed E-state index contributed by atoms with van der Waals surface area (Å²) < 4.78 is 5.36. The second-order valence-corrected chi connectivity index (χ2v) is 5.63. The molecular formula is C18H21NO2. The van der Waals surface area contributed by atoms with Gasteiger partial charge in [-0.2, -0.15) is 0 Å². The van der Waals surface area contributed by atoms with Crippen molar-refractivity contribution in [1.82, 2.24) is 4.90 Å². The topological polar surface area (TPSA) is 29.5 Å². The molecule has 3 heteroatoms. The summed E-state index contributed by atoms with van der Waals surface area (Å²) in [6.07, 6.45) is 2.68. The number of amides is 1. The average Bonchev–Trinajstić information content (AvgIpc) is 2.55. The van der Waals surface area contributed by atoms with Crippen LogP contribution in [-0.4, -0.2) is 37.1 Å². The number of piperidine rings is 1. The Kier molecular flexibility index (Phi) is 4.20. The average molecular weight is 283 g/mol. The molecule has 0 N–H and O–H groups in total. The first-order chi connectivity index (χ1) is 10.3. The molecule has 0 radical (unpaired) electrons. The van der Waals surface area contributed by atoms with E-state index in [-0.39, 0.29) is 5.91 Å². The lowest BCUT2D eigenvalue weighted by atomic mass is 10.0. The minimum Gasteiger partial charge on any atom is -0.381 e. The summed E-state index contributed by atoms with van der Waals surface area (Å²) in [6, 6.07) is 14.4. The summed E-state index contributed by atoms with van der Waals surface area (Å²) in [4.78, 5) is 14.5. The highest BCUT2D eigenvalue weighted by molar-refractivity contribution is 5.90. The van der Waals surface area contributed by atoms with E-state index in [0.29, 0.717) is 12.5 Å². The number of fused-ring (bicyclic) bond motifs is 1. The Morgan fingerprint density at radius 3 is 2.62 bits per heavy atom. The van der Waals surface area contributed by atoms with Gasteiger partial charge in [0.2, 0.25) is 5.91 Å². The first-order valence-corrected chi connectivity index (χ1v) is 7.55. The molecule has 0 spiro atoms. The molecule has 0 saturated carbocycles. The molecule has 2 aromatic carbocycles. The van der Waals surface area contributed by atoms with E-state index in [4.69, 9.17) is 4.74 Å². The number of carbonyl (C=O) groups is 1. The predicted molar refractivity (Wildman–Crippen MR) is 84.3 cm³/mol. The number of ether oxygens (including phenoxy) is 1. The van der Waals surface area contributed by atoms with Crippen molar-refractivity contribution < 1.29 is 9.53 Å². The Hall–Kier alpha value is -1.87. The summed E-state index contributed by atoms with van der Waals surface area (Å²) in [5, 5.41) is 2.38. The van der Waals surface area contributed by atoms with Crippen molar-refractivity contribution in [3.8, 4) is 0 Å². The number of carbonyl (C=O) groups excluding carboxylic acids is 1. The number of hydrogen-bond donors (Lipinski definition) is 0. The summed E-state index contributed by atoms with van der Waals surface area (Å²) >= 11 is 0. The van der Waals surface area contributed by atoms with Gasteiger partial charge in [-0.1, -0.05) is 42.5 Å². The smallest absolute Gasteiger partial charge is 0.227 e. The highest BCUT2D eigenvalue weighted by Gasteiger charge is 2.22. The fourth-order valence-corrected chi connectivity index (χ4v) is 3.06. The first kappa shape index (κ1) is 14.1. The lowest BCUT2D eigenvalue weighted by molar-refractivity contribution is -0.132. The summed E-state index contributed by atoms with van der Waals surface area (Å²) in [5.41, 5.74) is 1.12. The molecule has 1 heterocycles. The molecule has 2 aromatic rings. The number of hydrogen-bond acceptors (Lipinski definition) is 2. The number of benzene rings is 2. The Morgan fingerprint density at radius 2 is 1.86 bits per heavy atom. The van der Waals surface area contributed by atoms with E-state index in [1.54, 1.807) is 7.11 Å². The van der Waals surface area contributed by atoms with Crippen LogP contribution in [0.2, 0.25) is 0 Å². The summed E-state index contributed by atoms with van der Waals surface area (Å²) in [5.74, 6) is 0.223. The Bertz CT molecular complexity index is 625. The standard InChI is InChI=1S/C18H21NO2/c1-21-16-9-11-19(12-10-16)18(20)13-15-7-4-6-14-5-2-3-8-17(14)15/h2-8,16H,9-13H2,1H3. The van der Waals surface area contributed by atoms with Crippen LogP contribution < -0.4 is 0 Å². The van der Waals surface area contributed by atoms with Crippen LogP contribution in [0.4, 0.5) is 0 Å². The van der Waals surface area contributed by atoms with Gasteiger partial charge in [0.25, 0.3) is 0 Å².